The van der Waals surface area contributed by atoms with Crippen LogP contribution in [-0.2, 0) is 0 Å². The topological polar surface area (TPSA) is 119 Å². The Kier molecular flexibility index (Phi) is 5.64. The molecule has 0 spiro atoms. The lowest BCUT2D eigenvalue weighted by Gasteiger charge is -2.12. The highest BCUT2D eigenvalue weighted by Crippen LogP contribution is 2.30. The SMILES string of the molecule is CC(C)Oc1ncnc(NNC(=O)c2ccc(Br)cc2)c1[N+](=O)[O-]. The van der Waals surface area contributed by atoms with Gasteiger partial charge in [-0.1, -0.05) is 15.9 Å². The van der Waals surface area contributed by atoms with E-state index >= 15 is 0 Å². The van der Waals surface area contributed by atoms with E-state index < -0.39 is 16.5 Å². The van der Waals surface area contributed by atoms with Gasteiger partial charge in [0.15, 0.2) is 0 Å². The van der Waals surface area contributed by atoms with Crippen molar-refractivity contribution in [1.29, 1.82) is 0 Å². The van der Waals surface area contributed by atoms with Crippen LogP contribution in [0.4, 0.5) is 11.5 Å². The van der Waals surface area contributed by atoms with Crippen molar-refractivity contribution >= 4 is 33.3 Å². The van der Waals surface area contributed by atoms with Gasteiger partial charge in [-0.15, -0.1) is 0 Å². The van der Waals surface area contributed by atoms with Gasteiger partial charge in [-0.2, -0.15) is 4.98 Å². The zero-order valence-electron chi connectivity index (χ0n) is 12.8. The smallest absolute Gasteiger partial charge is 0.374 e. The van der Waals surface area contributed by atoms with Crippen LogP contribution in [0.25, 0.3) is 0 Å². The van der Waals surface area contributed by atoms with Crippen molar-refractivity contribution in [2.45, 2.75) is 20.0 Å². The van der Waals surface area contributed by atoms with Gasteiger partial charge in [-0.3, -0.25) is 25.8 Å². The maximum absolute atomic E-state index is 12.0. The van der Waals surface area contributed by atoms with E-state index in [4.69, 9.17) is 4.74 Å². The highest BCUT2D eigenvalue weighted by Gasteiger charge is 2.25. The number of benzene rings is 1. The first-order valence-corrected chi connectivity index (χ1v) is 7.65. The first kappa shape index (κ1) is 17.6. The second-order valence-electron chi connectivity index (χ2n) is 4.89. The number of carbonyl (C=O) groups excluding carboxylic acids is 1. The third-order valence-corrected chi connectivity index (χ3v) is 3.25. The number of nitro groups is 1. The zero-order chi connectivity index (χ0) is 17.7. The van der Waals surface area contributed by atoms with E-state index in [1.165, 1.54) is 0 Å². The Morgan fingerprint density at radius 3 is 2.54 bits per heavy atom. The van der Waals surface area contributed by atoms with E-state index in [2.05, 4.69) is 36.7 Å². The predicted molar refractivity (Wildman–Crippen MR) is 89.7 cm³/mol. The standard InChI is InChI=1S/C14H14BrN5O4/c1-8(2)24-14-11(20(22)23)12(16-7-17-14)18-19-13(21)9-3-5-10(15)6-4-9/h3-8H,1-2H3,(H,19,21)(H,16,17,18). The zero-order valence-corrected chi connectivity index (χ0v) is 14.4. The summed E-state index contributed by atoms with van der Waals surface area (Å²) in [6.45, 7) is 3.43. The maximum Gasteiger partial charge on any atom is 0.374 e. The van der Waals surface area contributed by atoms with Crippen LogP contribution in [0.3, 0.4) is 0 Å². The lowest BCUT2D eigenvalue weighted by Crippen LogP contribution is -2.30. The summed E-state index contributed by atoms with van der Waals surface area (Å²) >= 11 is 3.27. The number of carbonyl (C=O) groups is 1. The molecule has 0 bridgehead atoms. The Morgan fingerprint density at radius 1 is 1.29 bits per heavy atom. The van der Waals surface area contributed by atoms with E-state index in [0.717, 1.165) is 10.8 Å². The number of hydrogen-bond acceptors (Lipinski definition) is 7. The molecular formula is C14H14BrN5O4. The highest BCUT2D eigenvalue weighted by atomic mass is 79.9. The average Bonchev–Trinajstić information content (AvgIpc) is 2.52. The third-order valence-electron chi connectivity index (χ3n) is 2.72. The van der Waals surface area contributed by atoms with Crippen molar-refractivity contribution < 1.29 is 14.5 Å². The molecule has 1 aromatic carbocycles. The van der Waals surface area contributed by atoms with Crippen molar-refractivity contribution in [3.8, 4) is 5.88 Å². The number of aromatic nitrogens is 2. The minimum Gasteiger partial charge on any atom is -0.470 e. The number of nitrogens with one attached hydrogen (secondary N) is 2. The molecule has 10 heteroatoms. The Hall–Kier alpha value is -2.75. The molecule has 0 atom stereocenters. The summed E-state index contributed by atoms with van der Waals surface area (Å²) in [4.78, 5) is 30.2. The second-order valence-corrected chi connectivity index (χ2v) is 5.80. The van der Waals surface area contributed by atoms with Crippen molar-refractivity contribution in [2.24, 2.45) is 0 Å². The number of halogens is 1. The lowest BCUT2D eigenvalue weighted by molar-refractivity contribution is -0.385. The predicted octanol–water partition coefficient (Wildman–Crippen LogP) is 2.69. The van der Waals surface area contributed by atoms with Crippen LogP contribution in [0.2, 0.25) is 0 Å². The van der Waals surface area contributed by atoms with E-state index in [1.54, 1.807) is 38.1 Å². The van der Waals surface area contributed by atoms with E-state index in [1.807, 2.05) is 0 Å². The average molecular weight is 396 g/mol. The van der Waals surface area contributed by atoms with Gasteiger partial charge in [0.25, 0.3) is 11.8 Å². The van der Waals surface area contributed by atoms with Crippen molar-refractivity contribution in [2.75, 3.05) is 5.43 Å². The van der Waals surface area contributed by atoms with Crippen LogP contribution < -0.4 is 15.6 Å². The van der Waals surface area contributed by atoms with Crippen LogP contribution in [0.15, 0.2) is 35.1 Å². The minimum atomic E-state index is -0.675. The molecule has 0 aliphatic rings. The molecule has 2 aromatic rings. The molecule has 0 fully saturated rings. The molecule has 0 unspecified atom stereocenters. The normalized spacial score (nSPS) is 10.3. The summed E-state index contributed by atoms with van der Waals surface area (Å²) in [5.74, 6) is -0.816. The van der Waals surface area contributed by atoms with Gasteiger partial charge in [0.2, 0.25) is 5.82 Å². The second kappa shape index (κ2) is 7.68. The van der Waals surface area contributed by atoms with Crippen LogP contribution >= 0.6 is 15.9 Å². The molecule has 1 amide bonds. The van der Waals surface area contributed by atoms with Crippen LogP contribution in [-0.4, -0.2) is 26.9 Å². The minimum absolute atomic E-state index is 0.170. The summed E-state index contributed by atoms with van der Waals surface area (Å²) < 4.78 is 6.13. The largest absolute Gasteiger partial charge is 0.470 e. The van der Waals surface area contributed by atoms with Gasteiger partial charge in [0.1, 0.15) is 6.33 Å². The highest BCUT2D eigenvalue weighted by molar-refractivity contribution is 9.10. The Bertz CT molecular complexity index is 751. The number of nitrogens with zero attached hydrogens (tertiary/aromatic N) is 3. The number of ether oxygens (including phenoxy) is 1. The summed E-state index contributed by atoms with van der Waals surface area (Å²) in [6, 6.07) is 6.61. The molecule has 2 N–H and O–H groups in total. The lowest BCUT2D eigenvalue weighted by atomic mass is 10.2. The van der Waals surface area contributed by atoms with Gasteiger partial charge in [0, 0.05) is 10.0 Å². The summed E-state index contributed by atoms with van der Waals surface area (Å²) in [5.41, 5.74) is 4.71. The van der Waals surface area contributed by atoms with Gasteiger partial charge >= 0.3 is 5.69 Å². The summed E-state index contributed by atoms with van der Waals surface area (Å²) in [7, 11) is 0. The fourth-order valence-corrected chi connectivity index (χ4v) is 1.98. The molecule has 2 rings (SSSR count). The molecule has 0 radical (unpaired) electrons. The molecule has 9 nitrogen and oxygen atoms in total. The molecule has 0 saturated carbocycles. The number of anilines is 1. The van der Waals surface area contributed by atoms with Crippen LogP contribution in [0.1, 0.15) is 24.2 Å². The van der Waals surface area contributed by atoms with Gasteiger partial charge in [-0.05, 0) is 38.1 Å². The van der Waals surface area contributed by atoms with Gasteiger partial charge in [-0.25, -0.2) is 4.98 Å². The number of rotatable bonds is 6. The number of hydrogen-bond donors (Lipinski definition) is 2. The molecule has 1 aromatic heterocycles. The summed E-state index contributed by atoms with van der Waals surface area (Å²) in [6.07, 6.45) is 0.808. The van der Waals surface area contributed by atoms with Gasteiger partial charge < -0.3 is 4.74 Å². The Labute approximate surface area is 145 Å². The fraction of sp³-hybridized carbons (Fsp3) is 0.214. The summed E-state index contributed by atoms with van der Waals surface area (Å²) in [5, 5.41) is 11.3. The number of amides is 1. The molecule has 0 saturated heterocycles. The first-order chi connectivity index (χ1) is 11.4. The van der Waals surface area contributed by atoms with E-state index in [-0.39, 0.29) is 17.8 Å². The molecule has 1 heterocycles. The fourth-order valence-electron chi connectivity index (χ4n) is 1.72. The number of hydrazine groups is 1. The molecule has 126 valence electrons. The molecular weight excluding hydrogens is 382 g/mol. The Balaban J connectivity index is 2.18. The van der Waals surface area contributed by atoms with Crippen molar-refractivity contribution in [3.05, 3.63) is 50.7 Å². The molecule has 24 heavy (non-hydrogen) atoms. The molecule has 0 aliphatic carbocycles. The first-order valence-electron chi connectivity index (χ1n) is 6.86. The third kappa shape index (κ3) is 4.38. The molecule has 0 aliphatic heterocycles. The monoisotopic (exact) mass is 395 g/mol. The van der Waals surface area contributed by atoms with Crippen LogP contribution in [0.5, 0.6) is 5.88 Å². The Morgan fingerprint density at radius 2 is 1.96 bits per heavy atom. The van der Waals surface area contributed by atoms with E-state index in [9.17, 15) is 14.9 Å². The quantitative estimate of drug-likeness (QED) is 0.569. The van der Waals surface area contributed by atoms with Gasteiger partial charge in [0.05, 0.1) is 11.0 Å². The van der Waals surface area contributed by atoms with Crippen LogP contribution in [0, 0.1) is 10.1 Å². The maximum atomic E-state index is 12.0. The van der Waals surface area contributed by atoms with E-state index in [0.29, 0.717) is 5.56 Å². The van der Waals surface area contributed by atoms with Crippen molar-refractivity contribution in [3.63, 3.8) is 0 Å². The van der Waals surface area contributed by atoms with Crippen molar-refractivity contribution in [1.82, 2.24) is 15.4 Å².